The zero-order chi connectivity index (χ0) is 14.6. The Morgan fingerprint density at radius 3 is 2.53 bits per heavy atom. The van der Waals surface area contributed by atoms with Gasteiger partial charge in [-0.15, -0.1) is 0 Å². The molecule has 19 heavy (non-hydrogen) atoms. The molecule has 0 radical (unpaired) electrons. The molecular formula is C12H17BrF3N3. The van der Waals surface area contributed by atoms with Crippen LogP contribution in [-0.2, 0) is 6.18 Å². The van der Waals surface area contributed by atoms with Crippen LogP contribution < -0.4 is 11.1 Å². The van der Waals surface area contributed by atoms with Gasteiger partial charge in [0.05, 0.1) is 5.56 Å². The Morgan fingerprint density at radius 2 is 2.05 bits per heavy atom. The summed E-state index contributed by atoms with van der Waals surface area (Å²) in [5.74, 6) is 0.164. The monoisotopic (exact) mass is 339 g/mol. The first kappa shape index (κ1) is 16.2. The van der Waals surface area contributed by atoms with Gasteiger partial charge in [0, 0.05) is 23.3 Å². The number of hydrogen-bond donors (Lipinski definition) is 2. The molecule has 3 N–H and O–H groups in total. The van der Waals surface area contributed by atoms with Gasteiger partial charge in [-0.3, -0.25) is 0 Å². The largest absolute Gasteiger partial charge is 0.419 e. The van der Waals surface area contributed by atoms with Gasteiger partial charge in [-0.25, -0.2) is 4.98 Å². The van der Waals surface area contributed by atoms with Gasteiger partial charge in [-0.2, -0.15) is 13.2 Å². The molecule has 1 aromatic heterocycles. The minimum atomic E-state index is -4.45. The molecule has 0 saturated heterocycles. The topological polar surface area (TPSA) is 50.9 Å². The molecule has 0 bridgehead atoms. The summed E-state index contributed by atoms with van der Waals surface area (Å²) >= 11 is 3.00. The molecule has 1 aromatic rings. The zero-order valence-electron chi connectivity index (χ0n) is 10.8. The fraction of sp³-hybridized carbons (Fsp3) is 0.583. The lowest BCUT2D eigenvalue weighted by molar-refractivity contribution is -0.137. The summed E-state index contributed by atoms with van der Waals surface area (Å²) < 4.78 is 39.0. The Hall–Kier alpha value is -0.820. The fourth-order valence-corrected chi connectivity index (χ4v) is 2.08. The van der Waals surface area contributed by atoms with Crippen molar-refractivity contribution in [2.75, 3.05) is 11.9 Å². The van der Waals surface area contributed by atoms with Crippen molar-refractivity contribution in [3.05, 3.63) is 22.3 Å². The molecule has 0 fully saturated rings. The number of nitrogens with one attached hydrogen (secondary N) is 1. The molecule has 0 saturated carbocycles. The van der Waals surface area contributed by atoms with Crippen molar-refractivity contribution in [2.45, 2.75) is 32.5 Å². The van der Waals surface area contributed by atoms with E-state index in [0.717, 1.165) is 6.07 Å². The van der Waals surface area contributed by atoms with Crippen molar-refractivity contribution < 1.29 is 13.2 Å². The number of aromatic nitrogens is 1. The zero-order valence-corrected chi connectivity index (χ0v) is 12.3. The first-order valence-corrected chi connectivity index (χ1v) is 6.72. The van der Waals surface area contributed by atoms with Crippen molar-refractivity contribution in [1.82, 2.24) is 4.98 Å². The van der Waals surface area contributed by atoms with Gasteiger partial charge in [-0.1, -0.05) is 13.8 Å². The third-order valence-corrected chi connectivity index (χ3v) is 2.97. The summed E-state index contributed by atoms with van der Waals surface area (Å²) in [5, 5.41) is 2.79. The molecule has 0 spiro atoms. The molecule has 108 valence electrons. The third-order valence-electron chi connectivity index (χ3n) is 2.54. The van der Waals surface area contributed by atoms with Crippen molar-refractivity contribution in [3.8, 4) is 0 Å². The van der Waals surface area contributed by atoms with E-state index in [1.807, 2.05) is 13.8 Å². The molecule has 1 rings (SSSR count). The number of hydrogen-bond acceptors (Lipinski definition) is 3. The van der Waals surface area contributed by atoms with Gasteiger partial charge in [0.15, 0.2) is 0 Å². The summed E-state index contributed by atoms with van der Waals surface area (Å²) in [6.07, 6.45) is -2.43. The van der Waals surface area contributed by atoms with Gasteiger partial charge >= 0.3 is 6.18 Å². The molecule has 0 aliphatic carbocycles. The maximum atomic E-state index is 12.9. The van der Waals surface area contributed by atoms with Crippen LogP contribution in [0.2, 0.25) is 0 Å². The molecule has 0 aliphatic rings. The van der Waals surface area contributed by atoms with E-state index in [1.54, 1.807) is 0 Å². The maximum Gasteiger partial charge on any atom is 0.419 e. The Kier molecular flexibility index (Phi) is 5.61. The van der Waals surface area contributed by atoms with Gasteiger partial charge in [0.1, 0.15) is 5.82 Å². The molecule has 7 heteroatoms. The Bertz CT molecular complexity index is 421. The van der Waals surface area contributed by atoms with Crippen LogP contribution in [0.4, 0.5) is 19.0 Å². The van der Waals surface area contributed by atoms with E-state index in [-0.39, 0.29) is 18.4 Å². The first-order valence-electron chi connectivity index (χ1n) is 5.93. The number of rotatable bonds is 5. The number of pyridine rings is 1. The van der Waals surface area contributed by atoms with Crippen LogP contribution in [-0.4, -0.2) is 17.6 Å². The van der Waals surface area contributed by atoms with Crippen LogP contribution in [0, 0.1) is 5.92 Å². The predicted molar refractivity (Wildman–Crippen MR) is 72.9 cm³/mol. The standard InChI is InChI=1S/C12H17BrF3N3/c1-7(2)3-9(5-17)19-11-10(12(14,15)16)4-8(13)6-18-11/h4,6-7,9H,3,5,17H2,1-2H3,(H,18,19). The van der Waals surface area contributed by atoms with Crippen LogP contribution in [0.3, 0.4) is 0 Å². The first-order chi connectivity index (χ1) is 8.74. The van der Waals surface area contributed by atoms with Crippen LogP contribution >= 0.6 is 15.9 Å². The molecule has 1 unspecified atom stereocenters. The van der Waals surface area contributed by atoms with Crippen molar-refractivity contribution >= 4 is 21.7 Å². The van der Waals surface area contributed by atoms with E-state index in [9.17, 15) is 13.2 Å². The van der Waals surface area contributed by atoms with E-state index >= 15 is 0 Å². The average Bonchev–Trinajstić information content (AvgIpc) is 2.28. The van der Waals surface area contributed by atoms with Crippen LogP contribution in [0.15, 0.2) is 16.7 Å². The lowest BCUT2D eigenvalue weighted by Gasteiger charge is -2.22. The number of nitrogens with zero attached hydrogens (tertiary/aromatic N) is 1. The van der Waals surface area contributed by atoms with Gasteiger partial charge in [0.2, 0.25) is 0 Å². The van der Waals surface area contributed by atoms with E-state index in [1.165, 1.54) is 6.20 Å². The minimum Gasteiger partial charge on any atom is -0.366 e. The van der Waals surface area contributed by atoms with E-state index in [4.69, 9.17) is 5.73 Å². The smallest absolute Gasteiger partial charge is 0.366 e. The molecule has 3 nitrogen and oxygen atoms in total. The quantitative estimate of drug-likeness (QED) is 0.860. The normalized spacial score (nSPS) is 13.7. The predicted octanol–water partition coefficient (Wildman–Crippen LogP) is 3.65. The average molecular weight is 340 g/mol. The SMILES string of the molecule is CC(C)CC(CN)Nc1ncc(Br)cc1C(F)(F)F. The second-order valence-electron chi connectivity index (χ2n) is 4.75. The fourth-order valence-electron chi connectivity index (χ4n) is 1.75. The number of anilines is 1. The summed E-state index contributed by atoms with van der Waals surface area (Å²) in [7, 11) is 0. The molecule has 0 aliphatic heterocycles. The highest BCUT2D eigenvalue weighted by Crippen LogP contribution is 2.35. The lowest BCUT2D eigenvalue weighted by Crippen LogP contribution is -2.31. The molecule has 1 heterocycles. The number of halogens is 4. The second kappa shape index (κ2) is 6.56. The highest BCUT2D eigenvalue weighted by molar-refractivity contribution is 9.10. The summed E-state index contributed by atoms with van der Waals surface area (Å²) in [5.41, 5.74) is 4.79. The summed E-state index contributed by atoms with van der Waals surface area (Å²) in [6, 6.07) is 0.785. The summed E-state index contributed by atoms with van der Waals surface area (Å²) in [6.45, 7) is 4.24. The third kappa shape index (κ3) is 4.99. The van der Waals surface area contributed by atoms with Crippen molar-refractivity contribution in [1.29, 1.82) is 0 Å². The van der Waals surface area contributed by atoms with E-state index < -0.39 is 11.7 Å². The van der Waals surface area contributed by atoms with Crippen LogP contribution in [0.25, 0.3) is 0 Å². The minimum absolute atomic E-state index is 0.174. The molecule has 0 amide bonds. The van der Waals surface area contributed by atoms with Gasteiger partial charge in [-0.05, 0) is 34.3 Å². The summed E-state index contributed by atoms with van der Waals surface area (Å²) in [4.78, 5) is 3.81. The van der Waals surface area contributed by atoms with E-state index in [0.29, 0.717) is 16.8 Å². The molecule has 0 aromatic carbocycles. The highest BCUT2D eigenvalue weighted by atomic mass is 79.9. The lowest BCUT2D eigenvalue weighted by atomic mass is 10.0. The van der Waals surface area contributed by atoms with Gasteiger partial charge in [0.25, 0.3) is 0 Å². The molecular weight excluding hydrogens is 323 g/mol. The Morgan fingerprint density at radius 1 is 1.42 bits per heavy atom. The number of alkyl halides is 3. The molecule has 1 atom stereocenters. The van der Waals surface area contributed by atoms with Crippen molar-refractivity contribution in [2.24, 2.45) is 11.7 Å². The van der Waals surface area contributed by atoms with Crippen LogP contribution in [0.5, 0.6) is 0 Å². The highest BCUT2D eigenvalue weighted by Gasteiger charge is 2.35. The van der Waals surface area contributed by atoms with Crippen LogP contribution in [0.1, 0.15) is 25.8 Å². The maximum absolute atomic E-state index is 12.9. The van der Waals surface area contributed by atoms with E-state index in [2.05, 4.69) is 26.2 Å². The Balaban J connectivity index is 2.99. The van der Waals surface area contributed by atoms with Gasteiger partial charge < -0.3 is 11.1 Å². The van der Waals surface area contributed by atoms with Crippen molar-refractivity contribution in [3.63, 3.8) is 0 Å². The Labute approximate surface area is 118 Å². The number of nitrogens with two attached hydrogens (primary N) is 1. The second-order valence-corrected chi connectivity index (χ2v) is 5.67.